The Bertz CT molecular complexity index is 1070. The summed E-state index contributed by atoms with van der Waals surface area (Å²) in [5, 5.41) is 24.2. The first-order valence-electron chi connectivity index (χ1n) is 7.16. The fraction of sp³-hybridized carbons (Fsp3) is 0. The highest BCUT2D eigenvalue weighted by Crippen LogP contribution is 2.30. The van der Waals surface area contributed by atoms with E-state index < -0.39 is 0 Å². The molecule has 0 fully saturated rings. The number of nitrogens with zero attached hydrogens (tertiary/aromatic N) is 3. The normalized spacial score (nSPS) is 11.5. The first-order valence-corrected chi connectivity index (χ1v) is 7.16. The van der Waals surface area contributed by atoms with Crippen LogP contribution in [0.25, 0.3) is 22.1 Å². The Labute approximate surface area is 135 Å². The third kappa shape index (κ3) is 2.28. The van der Waals surface area contributed by atoms with Crippen LogP contribution in [0.15, 0.2) is 58.3 Å². The maximum Gasteiger partial charge on any atom is 0.197 e. The van der Waals surface area contributed by atoms with Crippen LogP contribution < -0.4 is 5.43 Å². The number of rotatable bonds is 3. The first-order chi connectivity index (χ1) is 11.7. The van der Waals surface area contributed by atoms with Crippen molar-refractivity contribution in [3.63, 3.8) is 0 Å². The van der Waals surface area contributed by atoms with Gasteiger partial charge in [-0.1, -0.05) is 18.2 Å². The molecule has 0 aliphatic carbocycles. The second-order valence-electron chi connectivity index (χ2n) is 5.08. The Morgan fingerprint density at radius 3 is 2.83 bits per heavy atom. The highest BCUT2D eigenvalue weighted by Gasteiger charge is 2.12. The molecule has 0 spiro atoms. The molecular weight excluding hydrogens is 308 g/mol. The number of nitrogens with one attached hydrogen (secondary N) is 1. The number of benzene rings is 2. The summed E-state index contributed by atoms with van der Waals surface area (Å²) in [6.45, 7) is 0. The minimum atomic E-state index is -0.236. The van der Waals surface area contributed by atoms with Crippen LogP contribution >= 0.6 is 0 Å². The lowest BCUT2D eigenvalue weighted by Crippen LogP contribution is -1.95. The van der Waals surface area contributed by atoms with E-state index in [0.717, 1.165) is 5.39 Å². The van der Waals surface area contributed by atoms with Crippen molar-refractivity contribution in [3.8, 4) is 11.5 Å². The number of para-hydroxylation sites is 2. The van der Waals surface area contributed by atoms with Crippen LogP contribution in [-0.4, -0.2) is 26.4 Å². The Hall–Kier alpha value is -3.61. The van der Waals surface area contributed by atoms with E-state index in [1.807, 2.05) is 24.3 Å². The van der Waals surface area contributed by atoms with Crippen molar-refractivity contribution in [1.29, 1.82) is 0 Å². The minimum absolute atomic E-state index is 0.208. The summed E-state index contributed by atoms with van der Waals surface area (Å²) >= 11 is 0. The minimum Gasteiger partial charge on any atom is -0.504 e. The van der Waals surface area contributed by atoms with E-state index in [1.165, 1.54) is 18.6 Å². The van der Waals surface area contributed by atoms with Crippen LogP contribution in [0.1, 0.15) is 5.56 Å². The van der Waals surface area contributed by atoms with E-state index in [-0.39, 0.29) is 11.5 Å². The molecule has 7 heteroatoms. The quantitative estimate of drug-likeness (QED) is 0.304. The number of aromatic hydroxyl groups is 2. The van der Waals surface area contributed by atoms with Crippen molar-refractivity contribution in [2.45, 2.75) is 0 Å². The van der Waals surface area contributed by atoms with Crippen LogP contribution in [0.4, 0.5) is 5.82 Å². The predicted molar refractivity (Wildman–Crippen MR) is 90.3 cm³/mol. The van der Waals surface area contributed by atoms with Gasteiger partial charge in [0.1, 0.15) is 17.4 Å². The maximum absolute atomic E-state index is 9.75. The van der Waals surface area contributed by atoms with Crippen molar-refractivity contribution in [1.82, 2.24) is 9.97 Å². The molecule has 0 aliphatic rings. The number of hydrazone groups is 1. The van der Waals surface area contributed by atoms with Gasteiger partial charge in [-0.25, -0.2) is 9.97 Å². The molecule has 118 valence electrons. The van der Waals surface area contributed by atoms with Gasteiger partial charge in [-0.3, -0.25) is 5.43 Å². The van der Waals surface area contributed by atoms with Crippen molar-refractivity contribution in [2.75, 3.05) is 5.43 Å². The zero-order chi connectivity index (χ0) is 16.5. The summed E-state index contributed by atoms with van der Waals surface area (Å²) in [7, 11) is 0. The highest BCUT2D eigenvalue weighted by molar-refractivity contribution is 6.05. The Morgan fingerprint density at radius 1 is 1.04 bits per heavy atom. The van der Waals surface area contributed by atoms with E-state index >= 15 is 0 Å². The van der Waals surface area contributed by atoms with Gasteiger partial charge in [0.25, 0.3) is 0 Å². The molecule has 0 saturated carbocycles. The summed E-state index contributed by atoms with van der Waals surface area (Å²) in [6.07, 6.45) is 2.81. The third-order valence-electron chi connectivity index (χ3n) is 3.58. The SMILES string of the molecule is Oc1cccc(/C=N/Nc2ncnc3c2oc2ccccc23)c1O. The molecule has 2 heterocycles. The number of anilines is 1. The van der Waals surface area contributed by atoms with E-state index in [2.05, 4.69) is 20.5 Å². The van der Waals surface area contributed by atoms with Gasteiger partial charge in [0, 0.05) is 10.9 Å². The number of furan rings is 1. The van der Waals surface area contributed by atoms with E-state index in [9.17, 15) is 10.2 Å². The average Bonchev–Trinajstić information content (AvgIpc) is 2.98. The molecule has 0 unspecified atom stereocenters. The van der Waals surface area contributed by atoms with Crippen molar-refractivity contribution in [2.24, 2.45) is 5.10 Å². The monoisotopic (exact) mass is 320 g/mol. The zero-order valence-corrected chi connectivity index (χ0v) is 12.3. The van der Waals surface area contributed by atoms with E-state index in [0.29, 0.717) is 28.1 Å². The summed E-state index contributed by atoms with van der Waals surface area (Å²) in [6, 6.07) is 12.2. The molecule has 7 nitrogen and oxygen atoms in total. The van der Waals surface area contributed by atoms with Crippen LogP contribution in [0.2, 0.25) is 0 Å². The van der Waals surface area contributed by atoms with Gasteiger partial charge in [-0.05, 0) is 24.3 Å². The topological polar surface area (TPSA) is 104 Å². The molecule has 24 heavy (non-hydrogen) atoms. The van der Waals surface area contributed by atoms with Gasteiger partial charge in [-0.15, -0.1) is 0 Å². The van der Waals surface area contributed by atoms with E-state index in [4.69, 9.17) is 4.42 Å². The number of phenolic OH excluding ortho intramolecular Hbond substituents is 2. The van der Waals surface area contributed by atoms with E-state index in [1.54, 1.807) is 12.1 Å². The van der Waals surface area contributed by atoms with Gasteiger partial charge >= 0.3 is 0 Å². The second kappa shape index (κ2) is 5.54. The lowest BCUT2D eigenvalue weighted by Gasteiger charge is -2.01. The summed E-state index contributed by atoms with van der Waals surface area (Å²) < 4.78 is 5.78. The second-order valence-corrected chi connectivity index (χ2v) is 5.08. The highest BCUT2D eigenvalue weighted by atomic mass is 16.3. The van der Waals surface area contributed by atoms with Gasteiger partial charge in [-0.2, -0.15) is 5.10 Å². The smallest absolute Gasteiger partial charge is 0.197 e. The third-order valence-corrected chi connectivity index (χ3v) is 3.58. The van der Waals surface area contributed by atoms with Crippen LogP contribution in [0.5, 0.6) is 11.5 Å². The molecule has 4 rings (SSSR count). The molecule has 0 bridgehead atoms. The summed E-state index contributed by atoms with van der Waals surface area (Å²) in [5.74, 6) is -0.0348. The molecule has 0 saturated heterocycles. The van der Waals surface area contributed by atoms with Crippen molar-refractivity contribution >= 4 is 34.1 Å². The predicted octanol–water partition coefficient (Wildman–Crippen LogP) is 3.23. The lowest BCUT2D eigenvalue weighted by molar-refractivity contribution is 0.403. The number of fused-ring (bicyclic) bond motifs is 3. The van der Waals surface area contributed by atoms with Crippen LogP contribution in [0.3, 0.4) is 0 Å². The van der Waals surface area contributed by atoms with Gasteiger partial charge in [0.2, 0.25) is 0 Å². The number of hydrogen-bond acceptors (Lipinski definition) is 7. The molecule has 4 aromatic rings. The number of aromatic nitrogens is 2. The summed E-state index contributed by atoms with van der Waals surface area (Å²) in [5.41, 5.74) is 5.05. The van der Waals surface area contributed by atoms with Crippen molar-refractivity contribution < 1.29 is 14.6 Å². The van der Waals surface area contributed by atoms with Gasteiger partial charge in [0.15, 0.2) is 22.9 Å². The average molecular weight is 320 g/mol. The van der Waals surface area contributed by atoms with Crippen molar-refractivity contribution in [3.05, 3.63) is 54.4 Å². The Balaban J connectivity index is 1.70. The van der Waals surface area contributed by atoms with Gasteiger partial charge in [0.05, 0.1) is 6.21 Å². The molecule has 0 aliphatic heterocycles. The lowest BCUT2D eigenvalue weighted by atomic mass is 10.2. The van der Waals surface area contributed by atoms with Crippen LogP contribution in [-0.2, 0) is 0 Å². The van der Waals surface area contributed by atoms with Crippen LogP contribution in [0, 0.1) is 0 Å². The number of hydrogen-bond donors (Lipinski definition) is 3. The Kier molecular flexibility index (Phi) is 3.24. The molecule has 2 aromatic heterocycles. The largest absolute Gasteiger partial charge is 0.504 e. The number of phenols is 2. The fourth-order valence-electron chi connectivity index (χ4n) is 2.42. The molecule has 3 N–H and O–H groups in total. The van der Waals surface area contributed by atoms with Gasteiger partial charge < -0.3 is 14.6 Å². The molecule has 2 aromatic carbocycles. The summed E-state index contributed by atoms with van der Waals surface area (Å²) in [4.78, 5) is 8.38. The fourth-order valence-corrected chi connectivity index (χ4v) is 2.42. The molecule has 0 amide bonds. The molecule has 0 atom stereocenters. The standard InChI is InChI=1S/C17H12N4O3/c22-12-6-3-4-10(15(12)23)8-20-21-17-16-14(18-9-19-17)11-5-1-2-7-13(11)24-16/h1-9,22-23H,(H,18,19,21)/b20-8+. The zero-order valence-electron chi connectivity index (χ0n) is 12.3. The Morgan fingerprint density at radius 2 is 1.92 bits per heavy atom. The maximum atomic E-state index is 9.75. The molecular formula is C17H12N4O3. The molecule has 0 radical (unpaired) electrons. The first kappa shape index (κ1) is 14.0.